The molecule has 34 heavy (non-hydrogen) atoms. The van der Waals surface area contributed by atoms with Gasteiger partial charge in [-0.1, -0.05) is 115 Å². The molecular formula is C30H44O4. The van der Waals surface area contributed by atoms with Gasteiger partial charge in [0, 0.05) is 0 Å². The molecule has 0 bridgehead atoms. The van der Waals surface area contributed by atoms with Crippen molar-refractivity contribution in [3.63, 3.8) is 0 Å². The van der Waals surface area contributed by atoms with E-state index in [1.165, 1.54) is 64.2 Å². The summed E-state index contributed by atoms with van der Waals surface area (Å²) >= 11 is 0. The van der Waals surface area contributed by atoms with Crippen molar-refractivity contribution in [2.24, 2.45) is 0 Å². The van der Waals surface area contributed by atoms with Gasteiger partial charge in [-0.3, -0.25) is 0 Å². The van der Waals surface area contributed by atoms with Gasteiger partial charge < -0.3 is 9.47 Å². The van der Waals surface area contributed by atoms with Crippen LogP contribution in [0.3, 0.4) is 0 Å². The van der Waals surface area contributed by atoms with Crippen LogP contribution in [0.1, 0.15) is 124 Å². The average molecular weight is 469 g/mol. The number of carbonyl (C=O) groups is 2. The molecule has 0 spiro atoms. The van der Waals surface area contributed by atoms with E-state index in [9.17, 15) is 9.59 Å². The quantitative estimate of drug-likeness (QED) is 0.162. The van der Waals surface area contributed by atoms with Crippen LogP contribution in [-0.4, -0.2) is 25.2 Å². The van der Waals surface area contributed by atoms with E-state index in [1.807, 2.05) is 24.3 Å². The summed E-state index contributed by atoms with van der Waals surface area (Å²) in [6, 6.07) is 11.2. The molecule has 0 fully saturated rings. The summed E-state index contributed by atoms with van der Waals surface area (Å²) in [7, 11) is 0. The average Bonchev–Trinajstić information content (AvgIpc) is 2.86. The van der Waals surface area contributed by atoms with E-state index < -0.39 is 11.9 Å². The van der Waals surface area contributed by atoms with Crippen molar-refractivity contribution in [3.05, 3.63) is 47.5 Å². The van der Waals surface area contributed by atoms with Crippen LogP contribution in [0.5, 0.6) is 0 Å². The van der Waals surface area contributed by atoms with Crippen molar-refractivity contribution in [2.45, 2.75) is 104 Å². The molecule has 4 heteroatoms. The van der Waals surface area contributed by atoms with Crippen LogP contribution in [0, 0.1) is 0 Å². The minimum atomic E-state index is -0.445. The van der Waals surface area contributed by atoms with Crippen molar-refractivity contribution in [1.82, 2.24) is 0 Å². The topological polar surface area (TPSA) is 52.6 Å². The SMILES string of the molecule is CCCCCCCCCOC(=O)c1cc2ccccc2cc1C(=O)OCCCCCCCCC. The number of rotatable bonds is 18. The Bertz CT molecular complexity index is 788. The maximum atomic E-state index is 12.9. The first-order chi connectivity index (χ1) is 16.7. The normalized spacial score (nSPS) is 11.0. The Balaban J connectivity index is 1.89. The van der Waals surface area contributed by atoms with E-state index in [4.69, 9.17) is 9.47 Å². The molecule has 0 unspecified atom stereocenters. The Kier molecular flexibility index (Phi) is 14.0. The molecule has 0 radical (unpaired) electrons. The molecular weight excluding hydrogens is 424 g/mol. The number of hydrogen-bond donors (Lipinski definition) is 0. The number of unbranched alkanes of at least 4 members (excludes halogenated alkanes) is 12. The number of ether oxygens (including phenoxy) is 2. The van der Waals surface area contributed by atoms with Crippen molar-refractivity contribution in [2.75, 3.05) is 13.2 Å². The first kappa shape index (κ1) is 27.9. The second-order valence-electron chi connectivity index (χ2n) is 9.26. The lowest BCUT2D eigenvalue weighted by Gasteiger charge is -2.12. The smallest absolute Gasteiger partial charge is 0.339 e. The first-order valence-electron chi connectivity index (χ1n) is 13.5. The number of hydrogen-bond acceptors (Lipinski definition) is 4. The highest BCUT2D eigenvalue weighted by Gasteiger charge is 2.20. The molecule has 0 aliphatic carbocycles. The molecule has 0 N–H and O–H groups in total. The Morgan fingerprint density at radius 2 is 0.912 bits per heavy atom. The zero-order chi connectivity index (χ0) is 24.4. The van der Waals surface area contributed by atoms with Crippen molar-refractivity contribution in [1.29, 1.82) is 0 Å². The Morgan fingerprint density at radius 3 is 1.29 bits per heavy atom. The van der Waals surface area contributed by atoms with Crippen molar-refractivity contribution >= 4 is 22.7 Å². The van der Waals surface area contributed by atoms with Gasteiger partial charge in [-0.25, -0.2) is 9.59 Å². The van der Waals surface area contributed by atoms with Crippen LogP contribution in [0.15, 0.2) is 36.4 Å². The molecule has 0 atom stereocenters. The largest absolute Gasteiger partial charge is 0.462 e. The zero-order valence-corrected chi connectivity index (χ0v) is 21.4. The maximum absolute atomic E-state index is 12.9. The van der Waals surface area contributed by atoms with E-state index in [1.54, 1.807) is 12.1 Å². The van der Waals surface area contributed by atoms with Gasteiger partial charge in [-0.15, -0.1) is 0 Å². The van der Waals surface area contributed by atoms with Crippen LogP contribution in [-0.2, 0) is 9.47 Å². The van der Waals surface area contributed by atoms with E-state index in [2.05, 4.69) is 13.8 Å². The van der Waals surface area contributed by atoms with Gasteiger partial charge in [0.15, 0.2) is 0 Å². The zero-order valence-electron chi connectivity index (χ0n) is 21.4. The van der Waals surface area contributed by atoms with E-state index in [0.717, 1.165) is 36.5 Å². The second-order valence-corrected chi connectivity index (χ2v) is 9.26. The van der Waals surface area contributed by atoms with E-state index in [-0.39, 0.29) is 0 Å². The highest BCUT2D eigenvalue weighted by Crippen LogP contribution is 2.22. The minimum Gasteiger partial charge on any atom is -0.462 e. The lowest BCUT2D eigenvalue weighted by atomic mass is 10.0. The van der Waals surface area contributed by atoms with Gasteiger partial charge in [0.2, 0.25) is 0 Å². The van der Waals surface area contributed by atoms with Crippen LogP contribution in [0.2, 0.25) is 0 Å². The Hall–Kier alpha value is -2.36. The van der Waals surface area contributed by atoms with Crippen LogP contribution < -0.4 is 0 Å². The molecule has 4 nitrogen and oxygen atoms in total. The van der Waals surface area contributed by atoms with E-state index in [0.29, 0.717) is 24.3 Å². The number of carbonyl (C=O) groups excluding carboxylic acids is 2. The lowest BCUT2D eigenvalue weighted by Crippen LogP contribution is -2.15. The van der Waals surface area contributed by atoms with Gasteiger partial charge in [0.1, 0.15) is 0 Å². The fourth-order valence-corrected chi connectivity index (χ4v) is 4.18. The van der Waals surface area contributed by atoms with Gasteiger partial charge in [-0.05, 0) is 35.7 Å². The number of fused-ring (bicyclic) bond motifs is 1. The predicted octanol–water partition coefficient (Wildman–Crippen LogP) is 8.65. The van der Waals surface area contributed by atoms with E-state index >= 15 is 0 Å². The highest BCUT2D eigenvalue weighted by atomic mass is 16.5. The summed E-state index contributed by atoms with van der Waals surface area (Å²) < 4.78 is 11.1. The molecule has 2 rings (SSSR count). The van der Waals surface area contributed by atoms with Crippen LogP contribution >= 0.6 is 0 Å². The summed E-state index contributed by atoms with van der Waals surface area (Å²) in [6.07, 6.45) is 16.2. The molecule has 0 saturated heterocycles. The summed E-state index contributed by atoms with van der Waals surface area (Å²) in [5.74, 6) is -0.890. The Morgan fingerprint density at radius 1 is 0.559 bits per heavy atom. The third-order valence-electron chi connectivity index (χ3n) is 6.29. The summed E-state index contributed by atoms with van der Waals surface area (Å²) in [4.78, 5) is 25.7. The first-order valence-corrected chi connectivity index (χ1v) is 13.5. The summed E-state index contributed by atoms with van der Waals surface area (Å²) in [6.45, 7) is 5.19. The predicted molar refractivity (Wildman–Crippen MR) is 140 cm³/mol. The fraction of sp³-hybridized carbons (Fsp3) is 0.600. The van der Waals surface area contributed by atoms with Gasteiger partial charge >= 0.3 is 11.9 Å². The van der Waals surface area contributed by atoms with Crippen LogP contribution in [0.25, 0.3) is 10.8 Å². The van der Waals surface area contributed by atoms with Crippen molar-refractivity contribution in [3.8, 4) is 0 Å². The number of esters is 2. The molecule has 2 aromatic rings. The third-order valence-corrected chi connectivity index (χ3v) is 6.29. The Labute approximate surface area is 206 Å². The summed E-state index contributed by atoms with van der Waals surface area (Å²) in [5, 5.41) is 1.82. The van der Waals surface area contributed by atoms with Crippen LogP contribution in [0.4, 0.5) is 0 Å². The maximum Gasteiger partial charge on any atom is 0.339 e. The molecule has 0 aliphatic rings. The van der Waals surface area contributed by atoms with Crippen molar-refractivity contribution < 1.29 is 19.1 Å². The summed E-state index contributed by atoms with van der Waals surface area (Å²) in [5.41, 5.74) is 0.595. The fourth-order valence-electron chi connectivity index (χ4n) is 4.18. The number of benzene rings is 2. The molecule has 0 saturated carbocycles. The molecule has 2 aromatic carbocycles. The minimum absolute atomic E-state index is 0.297. The monoisotopic (exact) mass is 468 g/mol. The molecule has 0 aliphatic heterocycles. The van der Waals surface area contributed by atoms with Gasteiger partial charge in [-0.2, -0.15) is 0 Å². The molecule has 0 amide bonds. The van der Waals surface area contributed by atoms with Gasteiger partial charge in [0.05, 0.1) is 24.3 Å². The molecule has 188 valence electrons. The molecule has 0 heterocycles. The second kappa shape index (κ2) is 17.1. The molecule has 0 aromatic heterocycles. The van der Waals surface area contributed by atoms with Gasteiger partial charge in [0.25, 0.3) is 0 Å². The third kappa shape index (κ3) is 10.3. The standard InChI is InChI=1S/C30H44O4/c1-3-5-7-9-11-13-17-21-33-29(31)27-23-25-19-15-16-20-26(25)24-28(27)30(32)34-22-18-14-12-10-8-6-4-2/h15-16,19-20,23-24H,3-14,17-18,21-22H2,1-2H3. The highest BCUT2D eigenvalue weighted by molar-refractivity contribution is 6.07. The lowest BCUT2D eigenvalue weighted by molar-refractivity contribution is 0.0450.